The summed E-state index contributed by atoms with van der Waals surface area (Å²) in [5.41, 5.74) is 1.67. The van der Waals surface area contributed by atoms with E-state index in [1.807, 2.05) is 12.1 Å². The fourth-order valence-corrected chi connectivity index (χ4v) is 2.08. The van der Waals surface area contributed by atoms with Crippen LogP contribution in [0.25, 0.3) is 0 Å². The molecule has 1 N–H and O–H groups in total. The smallest absolute Gasteiger partial charge is 0.258 e. The van der Waals surface area contributed by atoms with Crippen LogP contribution in [0.1, 0.15) is 15.9 Å². The normalized spacial score (nSPS) is 10.3. The Morgan fingerprint density at radius 2 is 1.89 bits per heavy atom. The van der Waals surface area contributed by atoms with Gasteiger partial charge in [0.15, 0.2) is 0 Å². The predicted octanol–water partition coefficient (Wildman–Crippen LogP) is 4.63. The van der Waals surface area contributed by atoms with Crippen LogP contribution in [0.3, 0.4) is 0 Å². The number of hydrogen-bond donors (Lipinski definition) is 1. The van der Waals surface area contributed by atoms with Crippen molar-refractivity contribution in [3.05, 3.63) is 64.4 Å². The van der Waals surface area contributed by atoms with E-state index in [1.165, 1.54) is 12.1 Å². The van der Waals surface area contributed by atoms with E-state index in [-0.39, 0.29) is 10.6 Å². The van der Waals surface area contributed by atoms with Gasteiger partial charge in [0.1, 0.15) is 5.82 Å². The van der Waals surface area contributed by atoms with E-state index in [0.717, 1.165) is 17.0 Å². The summed E-state index contributed by atoms with van der Waals surface area (Å²) in [6, 6.07) is 11.2. The number of benzene rings is 2. The largest absolute Gasteiger partial charge is 0.322 e. The summed E-state index contributed by atoms with van der Waals surface area (Å²) in [4.78, 5) is 11.9. The maximum Gasteiger partial charge on any atom is 0.258 e. The van der Waals surface area contributed by atoms with Crippen LogP contribution in [-0.2, 0) is 5.33 Å². The molecule has 0 aliphatic rings. The second-order valence-corrected chi connectivity index (χ2v) is 4.91. The van der Waals surface area contributed by atoms with Gasteiger partial charge in [0.25, 0.3) is 5.91 Å². The molecule has 0 bridgehead atoms. The van der Waals surface area contributed by atoms with E-state index >= 15 is 0 Å². The first kappa shape index (κ1) is 14.0. The van der Waals surface area contributed by atoms with Crippen molar-refractivity contribution in [2.45, 2.75) is 5.33 Å². The maximum absolute atomic E-state index is 13.6. The number of halogens is 3. The Morgan fingerprint density at radius 3 is 2.47 bits per heavy atom. The van der Waals surface area contributed by atoms with E-state index in [1.54, 1.807) is 12.1 Å². The highest BCUT2D eigenvalue weighted by atomic mass is 79.9. The first-order valence-electron chi connectivity index (χ1n) is 5.51. The average molecular weight is 343 g/mol. The lowest BCUT2D eigenvalue weighted by atomic mass is 10.2. The van der Waals surface area contributed by atoms with Gasteiger partial charge in [-0.1, -0.05) is 39.7 Å². The van der Waals surface area contributed by atoms with E-state index in [2.05, 4.69) is 21.2 Å². The van der Waals surface area contributed by atoms with Crippen LogP contribution in [-0.4, -0.2) is 5.91 Å². The van der Waals surface area contributed by atoms with Gasteiger partial charge in [-0.2, -0.15) is 0 Å². The monoisotopic (exact) mass is 341 g/mol. The molecule has 0 fully saturated rings. The first-order valence-corrected chi connectivity index (χ1v) is 7.01. The number of amides is 1. The first-order chi connectivity index (χ1) is 9.10. The quantitative estimate of drug-likeness (QED) is 0.810. The zero-order chi connectivity index (χ0) is 13.8. The zero-order valence-electron chi connectivity index (χ0n) is 9.79. The fraction of sp³-hybridized carbons (Fsp3) is 0.0714. The number of nitrogens with one attached hydrogen (secondary N) is 1. The fourth-order valence-electron chi connectivity index (χ4n) is 1.55. The van der Waals surface area contributed by atoms with Gasteiger partial charge in [-0.25, -0.2) is 4.39 Å². The Kier molecular flexibility index (Phi) is 4.56. The molecule has 0 saturated carbocycles. The lowest BCUT2D eigenvalue weighted by Gasteiger charge is -2.07. The Balaban J connectivity index is 2.15. The highest BCUT2D eigenvalue weighted by molar-refractivity contribution is 9.08. The SMILES string of the molecule is O=C(Nc1ccc(CBr)cc1)c1ccc(Cl)cc1F. The third kappa shape index (κ3) is 3.55. The van der Waals surface area contributed by atoms with Crippen molar-refractivity contribution in [3.63, 3.8) is 0 Å². The van der Waals surface area contributed by atoms with Gasteiger partial charge in [-0.05, 0) is 35.9 Å². The van der Waals surface area contributed by atoms with Crippen molar-refractivity contribution < 1.29 is 9.18 Å². The molecule has 2 aromatic rings. The summed E-state index contributed by atoms with van der Waals surface area (Å²) >= 11 is 8.98. The third-order valence-corrected chi connectivity index (χ3v) is 3.42. The molecule has 1 amide bonds. The van der Waals surface area contributed by atoms with Crippen molar-refractivity contribution in [2.75, 3.05) is 5.32 Å². The van der Waals surface area contributed by atoms with Gasteiger partial charge >= 0.3 is 0 Å². The maximum atomic E-state index is 13.6. The molecule has 0 aliphatic heterocycles. The summed E-state index contributed by atoms with van der Waals surface area (Å²) in [5.74, 6) is -1.14. The van der Waals surface area contributed by atoms with Gasteiger partial charge in [0.2, 0.25) is 0 Å². The van der Waals surface area contributed by atoms with Crippen LogP contribution < -0.4 is 5.32 Å². The van der Waals surface area contributed by atoms with Gasteiger partial charge in [0, 0.05) is 16.0 Å². The van der Waals surface area contributed by atoms with Gasteiger partial charge in [-0.15, -0.1) is 0 Å². The molecule has 2 aromatic carbocycles. The van der Waals surface area contributed by atoms with E-state index in [4.69, 9.17) is 11.6 Å². The highest BCUT2D eigenvalue weighted by Crippen LogP contribution is 2.17. The highest BCUT2D eigenvalue weighted by Gasteiger charge is 2.12. The van der Waals surface area contributed by atoms with Crippen LogP contribution in [0, 0.1) is 5.82 Å². The number of rotatable bonds is 3. The minimum Gasteiger partial charge on any atom is -0.322 e. The molecular formula is C14H10BrClFNO. The molecule has 19 heavy (non-hydrogen) atoms. The second kappa shape index (κ2) is 6.17. The van der Waals surface area contributed by atoms with Crippen LogP contribution in [0.5, 0.6) is 0 Å². The lowest BCUT2D eigenvalue weighted by molar-refractivity contribution is 0.102. The zero-order valence-corrected chi connectivity index (χ0v) is 12.1. The van der Waals surface area contributed by atoms with Crippen molar-refractivity contribution in [3.8, 4) is 0 Å². The van der Waals surface area contributed by atoms with Gasteiger partial charge < -0.3 is 5.32 Å². The van der Waals surface area contributed by atoms with Crippen LogP contribution in [0.15, 0.2) is 42.5 Å². The van der Waals surface area contributed by atoms with Gasteiger partial charge in [0.05, 0.1) is 5.56 Å². The minimum absolute atomic E-state index is 0.0334. The van der Waals surface area contributed by atoms with Crippen molar-refractivity contribution in [2.24, 2.45) is 0 Å². The van der Waals surface area contributed by atoms with Crippen molar-refractivity contribution in [1.82, 2.24) is 0 Å². The average Bonchev–Trinajstić information content (AvgIpc) is 2.39. The molecular weight excluding hydrogens is 333 g/mol. The van der Waals surface area contributed by atoms with Crippen LogP contribution in [0.4, 0.5) is 10.1 Å². The topological polar surface area (TPSA) is 29.1 Å². The molecule has 98 valence electrons. The standard InChI is InChI=1S/C14H10BrClFNO/c15-8-9-1-4-11(5-2-9)18-14(19)12-6-3-10(16)7-13(12)17/h1-7H,8H2,(H,18,19). The molecule has 2 rings (SSSR count). The van der Waals surface area contributed by atoms with Gasteiger partial charge in [-0.3, -0.25) is 4.79 Å². The minimum atomic E-state index is -0.637. The lowest BCUT2D eigenvalue weighted by Crippen LogP contribution is -2.13. The predicted molar refractivity (Wildman–Crippen MR) is 78.4 cm³/mol. The Bertz CT molecular complexity index is 601. The summed E-state index contributed by atoms with van der Waals surface area (Å²) in [7, 11) is 0. The van der Waals surface area contributed by atoms with Crippen LogP contribution in [0.2, 0.25) is 5.02 Å². The number of carbonyl (C=O) groups is 1. The van der Waals surface area contributed by atoms with Crippen LogP contribution >= 0.6 is 27.5 Å². The molecule has 0 heterocycles. The molecule has 0 unspecified atom stereocenters. The Labute approximate surface area is 123 Å². The van der Waals surface area contributed by atoms with E-state index in [9.17, 15) is 9.18 Å². The summed E-state index contributed by atoms with van der Waals surface area (Å²) in [6.45, 7) is 0. The van der Waals surface area contributed by atoms with E-state index in [0.29, 0.717) is 5.69 Å². The second-order valence-electron chi connectivity index (χ2n) is 3.91. The summed E-state index contributed by atoms with van der Waals surface area (Å²) in [6.07, 6.45) is 0. The third-order valence-electron chi connectivity index (χ3n) is 2.54. The Morgan fingerprint density at radius 1 is 1.21 bits per heavy atom. The number of anilines is 1. The molecule has 0 spiro atoms. The summed E-state index contributed by atoms with van der Waals surface area (Å²) in [5, 5.41) is 3.64. The molecule has 0 radical (unpaired) electrons. The van der Waals surface area contributed by atoms with Crippen molar-refractivity contribution >= 4 is 39.1 Å². The molecule has 2 nitrogen and oxygen atoms in total. The molecule has 0 saturated heterocycles. The molecule has 0 aromatic heterocycles. The van der Waals surface area contributed by atoms with Crippen molar-refractivity contribution in [1.29, 1.82) is 0 Å². The molecule has 0 atom stereocenters. The number of hydrogen-bond acceptors (Lipinski definition) is 1. The Hall–Kier alpha value is -1.39. The molecule has 5 heteroatoms. The number of alkyl halides is 1. The molecule has 0 aliphatic carbocycles. The number of carbonyl (C=O) groups excluding carboxylic acids is 1. The summed E-state index contributed by atoms with van der Waals surface area (Å²) < 4.78 is 13.6. The van der Waals surface area contributed by atoms with E-state index < -0.39 is 11.7 Å².